The van der Waals surface area contributed by atoms with E-state index in [4.69, 9.17) is 50.8 Å². The summed E-state index contributed by atoms with van der Waals surface area (Å²) in [7, 11) is 0. The number of hydrogen-bond donors (Lipinski definition) is 8. The van der Waals surface area contributed by atoms with Crippen molar-refractivity contribution in [1.29, 1.82) is 0 Å². The van der Waals surface area contributed by atoms with Crippen LogP contribution in [0.2, 0.25) is 0 Å². The third kappa shape index (κ3) is 18.3. The molecule has 11 atom stereocenters. The van der Waals surface area contributed by atoms with E-state index in [0.717, 1.165) is 30.6 Å². The molecular formula is C54H79FN14O13P2S2. The molecule has 7 heterocycles. The van der Waals surface area contributed by atoms with Crippen molar-refractivity contribution < 1.29 is 60.6 Å². The van der Waals surface area contributed by atoms with Crippen LogP contribution in [0.25, 0.3) is 22.3 Å². The number of H-pyrrole nitrogens is 1. The number of anilines is 2. The Hall–Kier alpha value is -5.52. The summed E-state index contributed by atoms with van der Waals surface area (Å²) in [5, 5.41) is 11.0. The van der Waals surface area contributed by atoms with E-state index in [1.165, 1.54) is 92.2 Å². The van der Waals surface area contributed by atoms with E-state index in [-0.39, 0.29) is 78.0 Å². The zero-order valence-corrected chi connectivity index (χ0v) is 51.9. The Kier molecular flexibility index (Phi) is 24.4. The molecule has 4 aromatic heterocycles. The second-order valence-corrected chi connectivity index (χ2v) is 28.8. The van der Waals surface area contributed by atoms with Crippen LogP contribution in [0.1, 0.15) is 148 Å². The number of aromatic nitrogens is 8. The molecule has 3 aliphatic rings. The van der Waals surface area contributed by atoms with Crippen molar-refractivity contribution in [3.63, 3.8) is 0 Å². The third-order valence-corrected chi connectivity index (χ3v) is 20.3. The summed E-state index contributed by atoms with van der Waals surface area (Å²) >= 11 is 6.19. The molecule has 3 saturated heterocycles. The Labute approximate surface area is 506 Å². The molecule has 0 saturated carbocycles. The van der Waals surface area contributed by atoms with Crippen LogP contribution in [0.4, 0.5) is 20.7 Å². The number of hydrogen-bond acceptors (Lipinski definition) is 20. The van der Waals surface area contributed by atoms with E-state index < -0.39 is 105 Å². The van der Waals surface area contributed by atoms with Gasteiger partial charge in [0, 0.05) is 30.8 Å². The van der Waals surface area contributed by atoms with Crippen LogP contribution in [0.5, 0.6) is 0 Å². The molecule has 86 heavy (non-hydrogen) atoms. The van der Waals surface area contributed by atoms with Crippen LogP contribution in [0.15, 0.2) is 54.4 Å². The topological polar surface area (TPSA) is 368 Å². The number of nitrogen functional groups attached to an aromatic ring is 1. The SMILES string of the molecule is CCCCCCCCCCCCCCCC(=O)N[C@H](C(=O)N[C@@H](CCCNC(N)=O)C(=O)Nc1ccc(CSP2(=O)OC[C@H]3O[C@@H](n4cnc5c(N)ncnc54)[C@H](F)[C@@H]3OP(O)(=S)OC[C@H]3O[C@@H](n4cnc5c(=O)[nH]cnc54)C[C@@H]3O2)cc1)C(C)C. The zero-order valence-electron chi connectivity index (χ0n) is 48.5. The minimum atomic E-state index is -4.39. The summed E-state index contributed by atoms with van der Waals surface area (Å²) in [6.45, 7) is -3.81. The average Bonchev–Trinajstić information content (AvgIpc) is 4.26. The van der Waals surface area contributed by atoms with Gasteiger partial charge in [0.15, 0.2) is 35.0 Å². The minimum absolute atomic E-state index is 0.00481. The number of halogens is 1. The number of benzene rings is 1. The molecule has 0 spiro atoms. The number of alkyl halides is 1. The van der Waals surface area contributed by atoms with Crippen molar-refractivity contribution in [3.8, 4) is 0 Å². The number of unbranched alkanes of at least 4 members (excludes halogenated alkanes) is 12. The van der Waals surface area contributed by atoms with Crippen molar-refractivity contribution in [2.75, 3.05) is 30.8 Å². The Morgan fingerprint density at radius 3 is 2.19 bits per heavy atom. The van der Waals surface area contributed by atoms with Crippen LogP contribution in [0.3, 0.4) is 0 Å². The number of primary amides is 1. The number of nitrogens with one attached hydrogen (secondary N) is 5. The highest BCUT2D eigenvalue weighted by molar-refractivity contribution is 8.54. The lowest BCUT2D eigenvalue weighted by atomic mass is 10.0. The van der Waals surface area contributed by atoms with Gasteiger partial charge in [-0.3, -0.25) is 41.9 Å². The smallest absolute Gasteiger partial charge is 0.382 e. The van der Waals surface area contributed by atoms with Gasteiger partial charge in [-0.25, -0.2) is 38.7 Å². The molecule has 3 fully saturated rings. The van der Waals surface area contributed by atoms with E-state index in [1.807, 2.05) is 13.8 Å². The van der Waals surface area contributed by atoms with Crippen molar-refractivity contribution in [1.82, 2.24) is 55.0 Å². The molecule has 32 heteroatoms. The number of imidazole rings is 2. The van der Waals surface area contributed by atoms with E-state index in [1.54, 1.807) is 24.3 Å². The van der Waals surface area contributed by atoms with E-state index in [2.05, 4.69) is 58.1 Å². The molecule has 27 nitrogen and oxygen atoms in total. The van der Waals surface area contributed by atoms with E-state index in [9.17, 15) is 28.9 Å². The first kappa shape index (κ1) is 66.4. The van der Waals surface area contributed by atoms with Crippen molar-refractivity contribution >= 4 is 94.3 Å². The average molecular weight is 1280 g/mol. The molecule has 8 rings (SSSR count). The first-order chi connectivity index (χ1) is 41.3. The lowest BCUT2D eigenvalue weighted by Crippen LogP contribution is -2.54. The maximum atomic E-state index is 16.8. The van der Waals surface area contributed by atoms with Crippen molar-refractivity contribution in [2.24, 2.45) is 11.7 Å². The normalized spacial score (nSPS) is 25.0. The number of ether oxygens (including phenoxy) is 2. The van der Waals surface area contributed by atoms with E-state index in [0.29, 0.717) is 17.7 Å². The van der Waals surface area contributed by atoms with Gasteiger partial charge in [0.1, 0.15) is 54.6 Å². The number of carbonyl (C=O) groups excluding carboxylic acids is 4. The Morgan fingerprint density at radius 2 is 1.49 bits per heavy atom. The van der Waals surface area contributed by atoms with Crippen LogP contribution >= 0.6 is 24.9 Å². The number of rotatable bonds is 29. The number of fused-ring (bicyclic) bond motifs is 4. The fourth-order valence-corrected chi connectivity index (χ4v) is 15.3. The molecule has 3 aliphatic heterocycles. The first-order valence-corrected chi connectivity index (χ1v) is 35.1. The highest BCUT2D eigenvalue weighted by atomic mass is 32.7. The number of nitrogens with zero attached hydrogens (tertiary/aromatic N) is 7. The standard InChI is InChI=1S/C54H79FN14O13P2S2/c1-4-5-6-7-8-9-10-11-12-13-14-15-16-19-40(70)67-43(33(2)3)52(73)66-36(18-17-24-58-54(57)74)50(71)65-35-22-20-34(21-23-35)28-86-84(76)78-27-39-46(42(55)53(80-39)69-32-63-44-47(56)59-29-60-48(44)69)82-83(75,85)77-26-38-37(81-84)25-41(79-38)68-31-64-45-49(68)61-30-62-51(45)72/h20-23,29-33,36-39,41-43,46,53H,4-19,24-28H2,1-3H3,(H,65,71)(H,66,73)(H,67,70)(H,75,85)(H2,56,59,60)(H3,57,58,74)(H,61,62,72)/t36-,37-,38+,39+,41+,42+,43-,46+,53+,83?,84?/m0/s1. The van der Waals surface area contributed by atoms with Gasteiger partial charge in [-0.2, -0.15) is 0 Å². The summed E-state index contributed by atoms with van der Waals surface area (Å²) in [6, 6.07) is 3.81. The summed E-state index contributed by atoms with van der Waals surface area (Å²) in [4.78, 5) is 99.7. The number of urea groups is 1. The Morgan fingerprint density at radius 1 is 0.826 bits per heavy atom. The fraction of sp³-hybridized carbons (Fsp3) is 0.630. The predicted molar refractivity (Wildman–Crippen MR) is 323 cm³/mol. The molecule has 1 aromatic carbocycles. The van der Waals surface area contributed by atoms with Gasteiger partial charge in [0.25, 0.3) is 5.56 Å². The summed E-state index contributed by atoms with van der Waals surface area (Å²) in [6.07, 6.45) is 11.3. The molecule has 10 N–H and O–H groups in total. The van der Waals surface area contributed by atoms with Gasteiger partial charge in [0.2, 0.25) is 17.7 Å². The lowest BCUT2D eigenvalue weighted by molar-refractivity contribution is -0.132. The summed E-state index contributed by atoms with van der Waals surface area (Å²) < 4.78 is 71.6. The lowest BCUT2D eigenvalue weighted by Gasteiger charge is -2.30. The van der Waals surface area contributed by atoms with Crippen molar-refractivity contribution in [3.05, 3.63) is 65.5 Å². The van der Waals surface area contributed by atoms with Crippen molar-refractivity contribution in [2.45, 2.75) is 191 Å². The molecule has 472 valence electrons. The number of carbonyl (C=O) groups is 4. The maximum absolute atomic E-state index is 16.8. The zero-order chi connectivity index (χ0) is 61.4. The molecule has 2 unspecified atom stereocenters. The van der Waals surface area contributed by atoms with Gasteiger partial charge < -0.3 is 56.6 Å². The van der Waals surface area contributed by atoms with Crippen LogP contribution in [-0.4, -0.2) is 130 Å². The Balaban J connectivity index is 0.915. The van der Waals surface area contributed by atoms with Crippen LogP contribution < -0.4 is 38.3 Å². The highest BCUT2D eigenvalue weighted by Crippen LogP contribution is 2.65. The minimum Gasteiger partial charge on any atom is -0.382 e. The molecule has 0 aliphatic carbocycles. The van der Waals surface area contributed by atoms with Gasteiger partial charge in [-0.15, -0.1) is 0 Å². The summed E-state index contributed by atoms with van der Waals surface area (Å²) in [5.74, 6) is -1.62. The van der Waals surface area contributed by atoms with E-state index >= 15 is 8.96 Å². The maximum Gasteiger partial charge on any atom is 0.389 e. The molecule has 0 bridgehead atoms. The van der Waals surface area contributed by atoms with Gasteiger partial charge in [-0.05, 0) is 66.1 Å². The van der Waals surface area contributed by atoms with Gasteiger partial charge >= 0.3 is 19.5 Å². The van der Waals surface area contributed by atoms with Crippen LogP contribution in [0, 0.1) is 5.92 Å². The first-order valence-electron chi connectivity index (χ1n) is 29.4. The largest absolute Gasteiger partial charge is 0.389 e. The fourth-order valence-electron chi connectivity index (χ4n) is 10.4. The molecule has 0 radical (unpaired) electrons. The molecule has 5 aromatic rings. The highest BCUT2D eigenvalue weighted by Gasteiger charge is 2.52. The van der Waals surface area contributed by atoms with Crippen LogP contribution in [-0.2, 0) is 64.1 Å². The molecular weight excluding hydrogens is 1200 g/mol. The predicted octanol–water partition coefficient (Wildman–Crippen LogP) is 7.63. The quantitative estimate of drug-likeness (QED) is 0.0168. The monoisotopic (exact) mass is 1280 g/mol. The van der Waals surface area contributed by atoms with Gasteiger partial charge in [-0.1, -0.05) is 110 Å². The number of nitrogens with two attached hydrogens (primary N) is 2. The molecule has 5 amide bonds. The third-order valence-electron chi connectivity index (χ3n) is 15.1. The van der Waals surface area contributed by atoms with Gasteiger partial charge in [0.05, 0.1) is 32.2 Å². The number of amides is 5. The Bertz CT molecular complexity index is 3240. The second-order valence-electron chi connectivity index (χ2n) is 22.0. The summed E-state index contributed by atoms with van der Waals surface area (Å²) in [5.41, 5.74) is 12.3. The number of aromatic amines is 1. The second kappa shape index (κ2) is 31.6.